The van der Waals surface area contributed by atoms with Gasteiger partial charge in [-0.3, -0.25) is 24.9 Å². The average Bonchev–Trinajstić information content (AvgIpc) is 4.35. The third kappa shape index (κ3) is 8.81. The lowest BCUT2D eigenvalue weighted by Crippen LogP contribution is -2.42. The molecule has 0 aliphatic heterocycles. The van der Waals surface area contributed by atoms with Crippen LogP contribution in [0.4, 0.5) is 5.69 Å². The lowest BCUT2D eigenvalue weighted by Gasteiger charge is -2.22. The fourth-order valence-corrected chi connectivity index (χ4v) is 9.39. The Labute approximate surface area is 431 Å². The number of anilines is 1. The molecule has 0 aliphatic carbocycles. The van der Waals surface area contributed by atoms with Crippen molar-refractivity contribution in [2.45, 2.75) is 84.7 Å². The predicted octanol–water partition coefficient (Wildman–Crippen LogP) is 8.30. The maximum atomic E-state index is 13.7. The molecular weight excluding hydrogens is 953 g/mol. The minimum absolute atomic E-state index is 0.0383. The molecule has 11 rings (SSSR count). The Kier molecular flexibility index (Phi) is 11.3. The van der Waals surface area contributed by atoms with E-state index >= 15 is 0 Å². The molecule has 6 aromatic carbocycles. The Morgan fingerprint density at radius 2 is 0.933 bits per heavy atom. The first-order valence-electron chi connectivity index (χ1n) is 25.1. The number of fused-ring (bicyclic) bond motifs is 9. The Bertz CT molecular complexity index is 3950. The van der Waals surface area contributed by atoms with Crippen LogP contribution < -0.4 is 21.4 Å². The van der Waals surface area contributed by atoms with Gasteiger partial charge in [-0.1, -0.05) is 80.5 Å². The summed E-state index contributed by atoms with van der Waals surface area (Å²) in [4.78, 5) is 46.1. The number of aromatic nitrogens is 8. The van der Waals surface area contributed by atoms with Gasteiger partial charge < -0.3 is 36.0 Å². The Morgan fingerprint density at radius 3 is 1.39 bits per heavy atom. The van der Waals surface area contributed by atoms with E-state index in [-0.39, 0.29) is 77.5 Å². The smallest absolute Gasteiger partial charge is 0.251 e. The van der Waals surface area contributed by atoms with Crippen LogP contribution in [-0.4, -0.2) is 103 Å². The maximum Gasteiger partial charge on any atom is 0.251 e. The zero-order valence-corrected chi connectivity index (χ0v) is 43.4. The van der Waals surface area contributed by atoms with Crippen LogP contribution in [0.5, 0.6) is 17.2 Å². The molecule has 0 radical (unpaired) electrons. The highest BCUT2D eigenvalue weighted by Gasteiger charge is 2.30. The van der Waals surface area contributed by atoms with Gasteiger partial charge in [-0.25, -0.2) is 0 Å². The van der Waals surface area contributed by atoms with Crippen molar-refractivity contribution < 1.29 is 34.4 Å². The van der Waals surface area contributed by atoms with Crippen molar-refractivity contribution >= 4 is 56.5 Å². The summed E-state index contributed by atoms with van der Waals surface area (Å²) in [5.74, 6) is -0.566. The normalized spacial score (nSPS) is 13.1. The monoisotopic (exact) mass is 1010 g/mol. The summed E-state index contributed by atoms with van der Waals surface area (Å²) in [5, 5.41) is 44.6. The summed E-state index contributed by atoms with van der Waals surface area (Å²) < 4.78 is 13.8. The number of aromatic amines is 1. The van der Waals surface area contributed by atoms with Gasteiger partial charge in [0.25, 0.3) is 17.7 Å². The summed E-state index contributed by atoms with van der Waals surface area (Å²) in [5.41, 5.74) is 13.8. The van der Waals surface area contributed by atoms with E-state index in [1.54, 1.807) is 65.5 Å². The van der Waals surface area contributed by atoms with Crippen LogP contribution in [0.3, 0.4) is 0 Å². The minimum Gasteiger partial charge on any atom is -0.506 e. The molecule has 0 bridgehead atoms. The molecule has 1 unspecified atom stereocenters. The topological polar surface area (TPSA) is 217 Å². The molecule has 0 saturated heterocycles. The summed E-state index contributed by atoms with van der Waals surface area (Å²) in [7, 11) is 0. The molecule has 11 aromatic rings. The molecule has 5 heterocycles. The van der Waals surface area contributed by atoms with Crippen molar-refractivity contribution in [1.82, 2.24) is 54.0 Å². The van der Waals surface area contributed by atoms with Crippen LogP contribution in [0.15, 0.2) is 109 Å². The molecule has 19 heteroatoms. The number of nitrogens with one attached hydrogen (secondary N) is 5. The van der Waals surface area contributed by atoms with Gasteiger partial charge in [-0.2, -0.15) is 4.79 Å². The fourth-order valence-electron chi connectivity index (χ4n) is 9.39. The Balaban J connectivity index is 0.746. The van der Waals surface area contributed by atoms with Gasteiger partial charge in [-0.05, 0) is 124 Å². The first kappa shape index (κ1) is 48.6. The Hall–Kier alpha value is -8.71. The molecule has 19 nitrogen and oxygen atoms in total. The number of carbonyl (C=O) groups is 3. The van der Waals surface area contributed by atoms with E-state index in [1.165, 1.54) is 0 Å². The summed E-state index contributed by atoms with van der Waals surface area (Å²) in [6, 6.07) is 32.9. The molecule has 8 N–H and O–H groups in total. The zero-order valence-electron chi connectivity index (χ0n) is 43.4. The second kappa shape index (κ2) is 17.5. The summed E-state index contributed by atoms with van der Waals surface area (Å²) >= 11 is 0. The lowest BCUT2D eigenvalue weighted by molar-refractivity contribution is 0.0498. The second-order valence-corrected chi connectivity index (χ2v) is 22.5. The number of amides is 3. The van der Waals surface area contributed by atoms with Gasteiger partial charge in [0.05, 0.1) is 23.9 Å². The predicted molar refractivity (Wildman–Crippen MR) is 287 cm³/mol. The van der Waals surface area contributed by atoms with E-state index in [0.717, 1.165) is 44.3 Å². The van der Waals surface area contributed by atoms with Crippen molar-refractivity contribution in [3.63, 3.8) is 0 Å². The molecule has 0 saturated carbocycles. The highest BCUT2D eigenvalue weighted by molar-refractivity contribution is 5.99. The van der Waals surface area contributed by atoms with E-state index < -0.39 is 6.10 Å². The average molecular weight is 1020 g/mol. The molecule has 0 spiro atoms. The number of ether oxygens (including phenoxy) is 1. The molecule has 0 fully saturated rings. The second-order valence-electron chi connectivity index (χ2n) is 22.5. The quantitative estimate of drug-likeness (QED) is 0.0368. The number of phenolic OH excluding ortho intramolecular Hbond substituents is 3. The van der Waals surface area contributed by atoms with Crippen molar-refractivity contribution in [3.8, 4) is 28.6 Å². The van der Waals surface area contributed by atoms with E-state index in [1.807, 2.05) is 76.6 Å². The molecular formula is C56H62N12O7. The van der Waals surface area contributed by atoms with Crippen LogP contribution in [0, 0.1) is 0 Å². The number of nitrogens with zero attached hydrogens (tertiary/aromatic N) is 7. The van der Waals surface area contributed by atoms with Crippen LogP contribution in [0.2, 0.25) is 0 Å². The summed E-state index contributed by atoms with van der Waals surface area (Å²) in [6.45, 7) is 19.1. The number of hydrogen-bond acceptors (Lipinski definition) is 8. The zero-order chi connectivity index (χ0) is 53.0. The van der Waals surface area contributed by atoms with Crippen molar-refractivity contribution in [1.29, 1.82) is 0 Å². The van der Waals surface area contributed by atoms with Crippen molar-refractivity contribution in [2.24, 2.45) is 0 Å². The summed E-state index contributed by atoms with van der Waals surface area (Å²) in [6.07, 6.45) is -0.689. The first-order valence-corrected chi connectivity index (χ1v) is 25.1. The number of phenols is 3. The molecule has 3 amide bonds. The number of benzene rings is 6. The maximum absolute atomic E-state index is 13.7. The number of carbonyl (C=O) groups excluding carboxylic acids is 3. The highest BCUT2D eigenvalue weighted by atomic mass is 16.5. The minimum atomic E-state index is -0.689. The van der Waals surface area contributed by atoms with Crippen LogP contribution in [0.1, 0.15) is 110 Å². The molecule has 5 aromatic heterocycles. The standard InChI is InChI=1S/C56H62N12O7/c1-54(2,3)35-13-16-39(48(69)27-35)60-62-41-17-10-32(24-40(41)61-62)52(73)58-30-38(31-59-53(74)34-12-19-43-47(26-34)68-64(43)66(68)45-21-15-37(29-50(45)71)56(7,8)9)75-23-22-57-51(72)33-11-18-42-46(25-33)67-63(42)65(67)44-20-14-36(28-49(44)70)55(4,5)6/h10-21,24-29,38,60-61,69-71H,22-23,30-31H2,1-9H3,(H,57,72)(H,58,73)(H,59,74). The van der Waals surface area contributed by atoms with Gasteiger partial charge in [-0.15, -0.1) is 28.1 Å². The third-order valence-electron chi connectivity index (χ3n) is 14.0. The fraction of sp³-hybridized carbons (Fsp3) is 0.304. The highest BCUT2D eigenvalue weighted by Crippen LogP contribution is 2.37. The SMILES string of the molecule is CC(C)(C)c1ccc(Nn2[nH]c3cc(C(=O)NCC(CNC(=O)c4ccc5c(c4)n4n(-c6ccc(C(C)(C)C)cc6O)n54)OCCNC(=O)c4ccc5c(c4)n4n(-c6ccc(C(C)(C)C)cc6O)n54)ccc32)c(O)c1. The number of hydrogen-bond donors (Lipinski definition) is 8. The van der Waals surface area contributed by atoms with Crippen molar-refractivity contribution in [3.05, 3.63) is 143 Å². The molecule has 388 valence electrons. The van der Waals surface area contributed by atoms with Crippen LogP contribution >= 0.6 is 0 Å². The van der Waals surface area contributed by atoms with Gasteiger partial charge in [0.1, 0.15) is 56.2 Å². The Morgan fingerprint density at radius 1 is 0.507 bits per heavy atom. The number of aromatic hydroxyl groups is 3. The van der Waals surface area contributed by atoms with Gasteiger partial charge in [0, 0.05) is 36.3 Å². The molecule has 1 atom stereocenters. The van der Waals surface area contributed by atoms with Gasteiger partial charge >= 0.3 is 0 Å². The van der Waals surface area contributed by atoms with E-state index in [9.17, 15) is 29.7 Å². The van der Waals surface area contributed by atoms with E-state index in [2.05, 4.69) is 88.8 Å². The van der Waals surface area contributed by atoms with Crippen LogP contribution in [0.25, 0.3) is 44.5 Å². The molecule has 0 aliphatic rings. The van der Waals surface area contributed by atoms with E-state index in [0.29, 0.717) is 39.3 Å². The number of rotatable bonds is 15. The van der Waals surface area contributed by atoms with Gasteiger partial charge in [0.15, 0.2) is 0 Å². The van der Waals surface area contributed by atoms with Gasteiger partial charge in [0.2, 0.25) is 0 Å². The first-order chi connectivity index (χ1) is 35.5. The largest absolute Gasteiger partial charge is 0.506 e. The van der Waals surface area contributed by atoms with Crippen LogP contribution in [-0.2, 0) is 21.0 Å². The molecule has 75 heavy (non-hydrogen) atoms. The number of H-pyrrole nitrogens is 1. The van der Waals surface area contributed by atoms with E-state index in [4.69, 9.17) is 4.74 Å². The lowest BCUT2D eigenvalue weighted by atomic mass is 9.87. The third-order valence-corrected chi connectivity index (χ3v) is 14.0. The van der Waals surface area contributed by atoms with Crippen molar-refractivity contribution in [2.75, 3.05) is 31.7 Å².